The number of rotatable bonds is 8. The van der Waals surface area contributed by atoms with Gasteiger partial charge >= 0.3 is 5.97 Å². The Morgan fingerprint density at radius 2 is 1.59 bits per heavy atom. The molecule has 0 heterocycles. The predicted molar refractivity (Wildman–Crippen MR) is 121 cm³/mol. The average Bonchev–Trinajstić information content (AvgIpc) is 2.95. The Kier molecular flexibility index (Phi) is 7.51. The molecule has 0 radical (unpaired) electrons. The van der Waals surface area contributed by atoms with Gasteiger partial charge in [-0.2, -0.15) is 0 Å². The first-order chi connectivity index (χ1) is 15.4. The molecule has 7 heteroatoms. The number of hydrogen-bond acceptors (Lipinski definition) is 7. The maximum atomic E-state index is 12.1. The van der Waals surface area contributed by atoms with Crippen LogP contribution in [0.15, 0.2) is 12.1 Å². The number of fused-ring (bicyclic) bond motifs is 3. The molecule has 0 aliphatic heterocycles. The molecule has 2 aromatic carbocycles. The Labute approximate surface area is 189 Å². The van der Waals surface area contributed by atoms with E-state index in [0.29, 0.717) is 41.6 Å². The molecule has 2 aromatic rings. The maximum Gasteiger partial charge on any atom is 0.308 e. The van der Waals surface area contributed by atoms with Gasteiger partial charge in [-0.25, -0.2) is 0 Å². The van der Waals surface area contributed by atoms with Gasteiger partial charge < -0.3 is 28.4 Å². The molecule has 7 nitrogen and oxygen atoms in total. The summed E-state index contributed by atoms with van der Waals surface area (Å²) in [4.78, 5) is 12.1. The van der Waals surface area contributed by atoms with Crippen LogP contribution in [0.4, 0.5) is 0 Å². The third kappa shape index (κ3) is 4.09. The zero-order chi connectivity index (χ0) is 23.4. The lowest BCUT2D eigenvalue weighted by atomic mass is 9.89. The normalized spacial score (nSPS) is 14.7. The van der Waals surface area contributed by atoms with Crippen molar-refractivity contribution < 1.29 is 33.2 Å². The van der Waals surface area contributed by atoms with Crippen LogP contribution in [-0.4, -0.2) is 41.5 Å². The molecule has 0 fully saturated rings. The maximum absolute atomic E-state index is 12.1. The van der Waals surface area contributed by atoms with Crippen LogP contribution >= 0.6 is 0 Å². The molecule has 0 unspecified atom stereocenters. The lowest BCUT2D eigenvalue weighted by molar-refractivity contribution is -0.132. The molecule has 0 saturated heterocycles. The number of ether oxygens (including phenoxy) is 6. The Morgan fingerprint density at radius 1 is 0.906 bits per heavy atom. The number of benzene rings is 2. The lowest BCUT2D eigenvalue weighted by Crippen LogP contribution is -2.12. The van der Waals surface area contributed by atoms with Crippen LogP contribution in [0.3, 0.4) is 0 Å². The smallest absolute Gasteiger partial charge is 0.308 e. The highest BCUT2D eigenvalue weighted by molar-refractivity contribution is 5.88. The van der Waals surface area contributed by atoms with Gasteiger partial charge in [0, 0.05) is 30.7 Å². The second-order valence-corrected chi connectivity index (χ2v) is 7.64. The quantitative estimate of drug-likeness (QED) is 0.424. The molecule has 1 aliphatic carbocycles. The van der Waals surface area contributed by atoms with Crippen LogP contribution in [0.25, 0.3) is 11.1 Å². The zero-order valence-corrected chi connectivity index (χ0v) is 19.9. The summed E-state index contributed by atoms with van der Waals surface area (Å²) in [7, 11) is 8.08. The summed E-state index contributed by atoms with van der Waals surface area (Å²) in [5, 5.41) is 0. The van der Waals surface area contributed by atoms with Crippen molar-refractivity contribution in [2.24, 2.45) is 0 Å². The highest BCUT2D eigenvalue weighted by Crippen LogP contribution is 2.56. The van der Waals surface area contributed by atoms with Gasteiger partial charge in [0.1, 0.15) is 11.5 Å². The molecule has 174 valence electrons. The summed E-state index contributed by atoms with van der Waals surface area (Å²) in [6, 6.07) is 3.90. The highest BCUT2D eigenvalue weighted by atomic mass is 16.5. The molecular weight excluding hydrogens is 412 g/mol. The van der Waals surface area contributed by atoms with Gasteiger partial charge in [0.05, 0.1) is 34.5 Å². The van der Waals surface area contributed by atoms with E-state index in [1.807, 2.05) is 12.1 Å². The van der Waals surface area contributed by atoms with Crippen molar-refractivity contribution in [3.05, 3.63) is 28.8 Å². The van der Waals surface area contributed by atoms with Crippen LogP contribution in [0.5, 0.6) is 28.7 Å². The second-order valence-electron chi connectivity index (χ2n) is 7.64. The largest absolute Gasteiger partial charge is 0.496 e. The highest BCUT2D eigenvalue weighted by Gasteiger charge is 2.35. The van der Waals surface area contributed by atoms with E-state index in [0.717, 1.165) is 40.7 Å². The molecule has 0 spiro atoms. The monoisotopic (exact) mass is 444 g/mol. The van der Waals surface area contributed by atoms with Gasteiger partial charge in [-0.3, -0.25) is 4.79 Å². The minimum Gasteiger partial charge on any atom is -0.496 e. The number of esters is 1. The molecule has 0 saturated carbocycles. The van der Waals surface area contributed by atoms with Crippen molar-refractivity contribution in [3.63, 3.8) is 0 Å². The number of aryl methyl sites for hydroxylation is 2. The fraction of sp³-hybridized carbons (Fsp3) is 0.480. The van der Waals surface area contributed by atoms with E-state index in [9.17, 15) is 4.79 Å². The van der Waals surface area contributed by atoms with Crippen LogP contribution < -0.4 is 23.7 Å². The zero-order valence-electron chi connectivity index (χ0n) is 19.9. The molecule has 0 bridgehead atoms. The molecule has 1 atom stereocenters. The van der Waals surface area contributed by atoms with Crippen molar-refractivity contribution in [1.82, 2.24) is 0 Å². The summed E-state index contributed by atoms with van der Waals surface area (Å²) in [6.07, 6.45) is 2.70. The standard InChI is InChI=1S/C25H32O7/c1-8-9-16-13-18(28-4)21-20-15(12-19(29-5)24(30-6)25(20)31-7)10-11-17(27-3)22(21)23(16)32-14(2)26/h12-13,17H,8-11H2,1-7H3/t17-/m0/s1. The number of carbonyl (C=O) groups is 1. The van der Waals surface area contributed by atoms with Crippen LogP contribution in [0, 0.1) is 0 Å². The van der Waals surface area contributed by atoms with E-state index >= 15 is 0 Å². The second kappa shape index (κ2) is 10.1. The molecule has 0 N–H and O–H groups in total. The van der Waals surface area contributed by atoms with Gasteiger partial charge in [0.25, 0.3) is 0 Å². The molecule has 0 aromatic heterocycles. The lowest BCUT2D eigenvalue weighted by Gasteiger charge is -2.25. The van der Waals surface area contributed by atoms with Crippen LogP contribution in [0.1, 0.15) is 49.5 Å². The molecule has 0 amide bonds. The Bertz CT molecular complexity index is 997. The summed E-state index contributed by atoms with van der Waals surface area (Å²) < 4.78 is 34.7. The van der Waals surface area contributed by atoms with Gasteiger partial charge in [-0.05, 0) is 42.5 Å². The summed E-state index contributed by atoms with van der Waals surface area (Å²) in [5.74, 6) is 2.43. The topological polar surface area (TPSA) is 72.5 Å². The Morgan fingerprint density at radius 3 is 2.12 bits per heavy atom. The van der Waals surface area contributed by atoms with Crippen LogP contribution in [0.2, 0.25) is 0 Å². The van der Waals surface area contributed by atoms with Gasteiger partial charge in [-0.1, -0.05) is 13.3 Å². The Balaban J connectivity index is 2.51. The van der Waals surface area contributed by atoms with Crippen molar-refractivity contribution >= 4 is 5.97 Å². The number of hydrogen-bond donors (Lipinski definition) is 0. The van der Waals surface area contributed by atoms with Crippen molar-refractivity contribution in [3.8, 4) is 39.9 Å². The summed E-state index contributed by atoms with van der Waals surface area (Å²) >= 11 is 0. The first kappa shape index (κ1) is 23.7. The molecule has 1 aliphatic rings. The fourth-order valence-corrected chi connectivity index (χ4v) is 4.51. The van der Waals surface area contributed by atoms with Crippen molar-refractivity contribution in [1.29, 1.82) is 0 Å². The van der Waals surface area contributed by atoms with Crippen molar-refractivity contribution in [2.75, 3.05) is 35.5 Å². The van der Waals surface area contributed by atoms with Crippen LogP contribution in [-0.2, 0) is 22.4 Å². The minimum absolute atomic E-state index is 0.306. The van der Waals surface area contributed by atoms with E-state index in [1.54, 1.807) is 35.5 Å². The number of carbonyl (C=O) groups excluding carboxylic acids is 1. The van der Waals surface area contributed by atoms with E-state index in [2.05, 4.69) is 6.92 Å². The predicted octanol–water partition coefficient (Wildman–Crippen LogP) is 4.90. The first-order valence-corrected chi connectivity index (χ1v) is 10.7. The molecule has 3 rings (SSSR count). The van der Waals surface area contributed by atoms with Gasteiger partial charge in [-0.15, -0.1) is 0 Å². The fourth-order valence-electron chi connectivity index (χ4n) is 4.51. The van der Waals surface area contributed by atoms with E-state index in [1.165, 1.54) is 6.92 Å². The average molecular weight is 445 g/mol. The summed E-state index contributed by atoms with van der Waals surface area (Å²) in [6.45, 7) is 3.49. The van der Waals surface area contributed by atoms with Gasteiger partial charge in [0.2, 0.25) is 5.75 Å². The number of methoxy groups -OCH3 is 5. The summed E-state index contributed by atoms with van der Waals surface area (Å²) in [5.41, 5.74) is 4.31. The molecule has 32 heavy (non-hydrogen) atoms. The van der Waals surface area contributed by atoms with E-state index in [-0.39, 0.29) is 12.1 Å². The third-order valence-electron chi connectivity index (χ3n) is 5.79. The van der Waals surface area contributed by atoms with E-state index < -0.39 is 0 Å². The SMILES string of the molecule is CCCc1cc(OC)c2c(c1OC(C)=O)[C@@H](OC)CCc1cc(OC)c(OC)c(OC)c1-2. The third-order valence-corrected chi connectivity index (χ3v) is 5.79. The van der Waals surface area contributed by atoms with Gasteiger partial charge in [0.15, 0.2) is 11.5 Å². The van der Waals surface area contributed by atoms with Crippen molar-refractivity contribution in [2.45, 2.75) is 45.6 Å². The van der Waals surface area contributed by atoms with E-state index in [4.69, 9.17) is 28.4 Å². The molecular formula is C25H32O7. The Hall–Kier alpha value is -2.93. The first-order valence-electron chi connectivity index (χ1n) is 10.7. The minimum atomic E-state index is -0.381.